The van der Waals surface area contributed by atoms with Gasteiger partial charge in [0.15, 0.2) is 5.65 Å². The molecule has 0 fully saturated rings. The zero-order valence-electron chi connectivity index (χ0n) is 7.03. The van der Waals surface area contributed by atoms with Gasteiger partial charge in [-0.15, -0.1) is 0 Å². The zero-order chi connectivity index (χ0) is 9.38. The molecule has 0 aliphatic rings. The van der Waals surface area contributed by atoms with Crippen molar-refractivity contribution in [3.8, 4) is 6.01 Å². The van der Waals surface area contributed by atoms with Gasteiger partial charge in [0, 0.05) is 0 Å². The first-order valence-electron chi connectivity index (χ1n) is 3.98. The van der Waals surface area contributed by atoms with E-state index in [9.17, 15) is 0 Å². The van der Waals surface area contributed by atoms with Crippen LogP contribution in [0.1, 0.15) is 0 Å². The summed E-state index contributed by atoms with van der Waals surface area (Å²) in [5, 5.41) is 0. The molecule has 3 rings (SSSR count). The molecule has 6 nitrogen and oxygen atoms in total. The Hall–Kier alpha value is -2.24. The lowest BCUT2D eigenvalue weighted by molar-refractivity contribution is 0.530. The van der Waals surface area contributed by atoms with Crippen LogP contribution in [0.5, 0.6) is 0 Å². The summed E-state index contributed by atoms with van der Waals surface area (Å²) in [6.45, 7) is 0. The molecule has 0 bridgehead atoms. The van der Waals surface area contributed by atoms with E-state index in [2.05, 4.69) is 19.9 Å². The Bertz CT molecular complexity index is 556. The first-order chi connectivity index (χ1) is 6.95. The Morgan fingerprint density at radius 2 is 2.21 bits per heavy atom. The average molecular weight is 187 g/mol. The monoisotopic (exact) mass is 187 g/mol. The van der Waals surface area contributed by atoms with Crippen LogP contribution in [0, 0.1) is 0 Å². The summed E-state index contributed by atoms with van der Waals surface area (Å²) < 4.78 is 6.80. The number of nitrogens with zero attached hydrogens (tertiary/aromatic N) is 5. The highest BCUT2D eigenvalue weighted by molar-refractivity contribution is 5.70. The first kappa shape index (κ1) is 7.19. The van der Waals surface area contributed by atoms with Gasteiger partial charge in [0.25, 0.3) is 0 Å². The Morgan fingerprint density at radius 3 is 3.07 bits per heavy atom. The molecule has 14 heavy (non-hydrogen) atoms. The van der Waals surface area contributed by atoms with E-state index in [0.717, 1.165) is 0 Å². The maximum Gasteiger partial charge on any atom is 0.308 e. The predicted molar refractivity (Wildman–Crippen MR) is 46.7 cm³/mol. The fourth-order valence-electron chi connectivity index (χ4n) is 1.24. The van der Waals surface area contributed by atoms with Gasteiger partial charge in [-0.25, -0.2) is 24.5 Å². The van der Waals surface area contributed by atoms with Gasteiger partial charge in [-0.1, -0.05) is 0 Å². The van der Waals surface area contributed by atoms with Gasteiger partial charge < -0.3 is 4.42 Å². The third-order valence-electron chi connectivity index (χ3n) is 1.84. The quantitative estimate of drug-likeness (QED) is 0.563. The molecule has 0 aliphatic carbocycles. The van der Waals surface area contributed by atoms with Crippen molar-refractivity contribution in [3.63, 3.8) is 0 Å². The van der Waals surface area contributed by atoms with Crippen LogP contribution in [0.15, 0.2) is 35.7 Å². The minimum absolute atomic E-state index is 0.450. The molecule has 0 atom stereocenters. The van der Waals surface area contributed by atoms with Crippen LogP contribution in [-0.4, -0.2) is 24.5 Å². The van der Waals surface area contributed by atoms with Crippen molar-refractivity contribution in [1.29, 1.82) is 0 Å². The first-order valence-corrected chi connectivity index (χ1v) is 3.98. The molecular weight excluding hydrogens is 182 g/mol. The van der Waals surface area contributed by atoms with Crippen LogP contribution in [0.4, 0.5) is 0 Å². The SMILES string of the molecule is c1coc(-n2cnc3cncnc32)n1. The molecule has 3 aromatic heterocycles. The summed E-state index contributed by atoms with van der Waals surface area (Å²) in [7, 11) is 0. The minimum Gasteiger partial charge on any atom is -0.432 e. The highest BCUT2D eigenvalue weighted by atomic mass is 16.4. The summed E-state index contributed by atoms with van der Waals surface area (Å²) in [5.41, 5.74) is 1.40. The van der Waals surface area contributed by atoms with Crippen molar-refractivity contribution in [3.05, 3.63) is 31.3 Å². The minimum atomic E-state index is 0.450. The van der Waals surface area contributed by atoms with E-state index in [1.165, 1.54) is 12.6 Å². The highest BCUT2D eigenvalue weighted by Crippen LogP contribution is 2.12. The van der Waals surface area contributed by atoms with Crippen LogP contribution in [0.25, 0.3) is 17.2 Å². The number of rotatable bonds is 1. The van der Waals surface area contributed by atoms with Crippen molar-refractivity contribution in [1.82, 2.24) is 24.5 Å². The van der Waals surface area contributed by atoms with Crippen molar-refractivity contribution in [2.45, 2.75) is 0 Å². The number of fused-ring (bicyclic) bond motifs is 1. The van der Waals surface area contributed by atoms with E-state index in [1.807, 2.05) is 0 Å². The molecule has 0 radical (unpaired) electrons. The molecule has 0 N–H and O–H groups in total. The van der Waals surface area contributed by atoms with Crippen molar-refractivity contribution in [2.24, 2.45) is 0 Å². The van der Waals surface area contributed by atoms with Crippen LogP contribution in [0.2, 0.25) is 0 Å². The Kier molecular flexibility index (Phi) is 1.35. The molecule has 3 aromatic rings. The second-order valence-electron chi connectivity index (χ2n) is 2.66. The van der Waals surface area contributed by atoms with Crippen molar-refractivity contribution >= 4 is 11.2 Å². The number of hydrogen-bond donors (Lipinski definition) is 0. The van der Waals surface area contributed by atoms with E-state index >= 15 is 0 Å². The van der Waals surface area contributed by atoms with Crippen molar-refractivity contribution in [2.75, 3.05) is 0 Å². The standard InChI is InChI=1S/C8H5N5O/c1-2-14-8(10-1)13-5-12-6-3-9-4-11-7(6)13/h1-5H. The molecule has 0 aliphatic heterocycles. The van der Waals surface area contributed by atoms with E-state index in [-0.39, 0.29) is 0 Å². The van der Waals surface area contributed by atoms with Gasteiger partial charge in [-0.3, -0.25) is 0 Å². The van der Waals surface area contributed by atoms with Gasteiger partial charge in [-0.2, -0.15) is 0 Å². The molecule has 3 heterocycles. The zero-order valence-corrected chi connectivity index (χ0v) is 7.03. The van der Waals surface area contributed by atoms with Gasteiger partial charge in [0.2, 0.25) is 0 Å². The maximum absolute atomic E-state index is 5.14. The fraction of sp³-hybridized carbons (Fsp3) is 0. The second-order valence-corrected chi connectivity index (χ2v) is 2.66. The van der Waals surface area contributed by atoms with Gasteiger partial charge in [0.05, 0.1) is 12.4 Å². The average Bonchev–Trinajstić information content (AvgIpc) is 2.85. The van der Waals surface area contributed by atoms with Gasteiger partial charge >= 0.3 is 6.01 Å². The molecule has 0 saturated heterocycles. The lowest BCUT2D eigenvalue weighted by Gasteiger charge is -1.94. The number of oxazole rings is 1. The molecule has 0 unspecified atom stereocenters. The van der Waals surface area contributed by atoms with Crippen molar-refractivity contribution < 1.29 is 4.42 Å². The topological polar surface area (TPSA) is 69.6 Å². The van der Waals surface area contributed by atoms with Gasteiger partial charge in [-0.05, 0) is 0 Å². The molecular formula is C8H5N5O. The number of imidazole rings is 1. The summed E-state index contributed by atoms with van der Waals surface area (Å²) in [4.78, 5) is 16.1. The third kappa shape index (κ3) is 0.905. The summed E-state index contributed by atoms with van der Waals surface area (Å²) in [5.74, 6) is 0. The Balaban J connectivity index is 2.33. The Labute approximate surface area is 78.3 Å². The molecule has 0 saturated carbocycles. The predicted octanol–water partition coefficient (Wildman–Crippen LogP) is 0.803. The smallest absolute Gasteiger partial charge is 0.308 e. The van der Waals surface area contributed by atoms with E-state index < -0.39 is 0 Å². The fourth-order valence-corrected chi connectivity index (χ4v) is 1.24. The highest BCUT2D eigenvalue weighted by Gasteiger charge is 2.07. The lowest BCUT2D eigenvalue weighted by Crippen LogP contribution is -1.93. The third-order valence-corrected chi connectivity index (χ3v) is 1.84. The van der Waals surface area contributed by atoms with Crippen LogP contribution >= 0.6 is 0 Å². The largest absolute Gasteiger partial charge is 0.432 e. The second kappa shape index (κ2) is 2.63. The molecule has 68 valence electrons. The molecule has 0 spiro atoms. The van der Waals surface area contributed by atoms with E-state index in [0.29, 0.717) is 17.2 Å². The summed E-state index contributed by atoms with van der Waals surface area (Å²) in [6.07, 6.45) is 7.78. The Morgan fingerprint density at radius 1 is 1.21 bits per heavy atom. The molecule has 0 amide bonds. The molecule has 0 aromatic carbocycles. The summed E-state index contributed by atoms with van der Waals surface area (Å²) in [6, 6.07) is 0.450. The van der Waals surface area contributed by atoms with Crippen LogP contribution < -0.4 is 0 Å². The lowest BCUT2D eigenvalue weighted by atomic mass is 10.6. The maximum atomic E-state index is 5.14. The van der Waals surface area contributed by atoms with E-state index in [4.69, 9.17) is 4.42 Å². The van der Waals surface area contributed by atoms with Crippen LogP contribution in [-0.2, 0) is 0 Å². The van der Waals surface area contributed by atoms with Gasteiger partial charge in [0.1, 0.15) is 24.4 Å². The number of aromatic nitrogens is 5. The molecule has 6 heteroatoms. The summed E-state index contributed by atoms with van der Waals surface area (Å²) >= 11 is 0. The van der Waals surface area contributed by atoms with Crippen LogP contribution in [0.3, 0.4) is 0 Å². The van der Waals surface area contributed by atoms with E-state index in [1.54, 1.807) is 23.3 Å². The number of hydrogen-bond acceptors (Lipinski definition) is 5. The normalized spacial score (nSPS) is 10.9.